The van der Waals surface area contributed by atoms with Crippen LogP contribution in [-0.2, 0) is 19.4 Å². The van der Waals surface area contributed by atoms with Crippen LogP contribution in [0, 0.1) is 6.92 Å². The summed E-state index contributed by atoms with van der Waals surface area (Å²) in [6.07, 6.45) is 7.44. The van der Waals surface area contributed by atoms with E-state index in [0.29, 0.717) is 5.92 Å². The molecule has 1 aliphatic carbocycles. The van der Waals surface area contributed by atoms with E-state index in [9.17, 15) is 0 Å². The lowest BCUT2D eigenvalue weighted by Gasteiger charge is -2.30. The molecule has 0 spiro atoms. The molecule has 7 heteroatoms. The maximum Gasteiger partial charge on any atom is 0.178 e. The van der Waals surface area contributed by atoms with Gasteiger partial charge in [0.05, 0.1) is 11.4 Å². The Kier molecular flexibility index (Phi) is 3.89. The lowest BCUT2D eigenvalue weighted by molar-refractivity contribution is 0.198. The van der Waals surface area contributed by atoms with Crippen LogP contribution in [0.25, 0.3) is 5.65 Å². The first-order valence-electron chi connectivity index (χ1n) is 9.51. The molecule has 1 fully saturated rings. The Morgan fingerprint density at radius 3 is 2.88 bits per heavy atom. The van der Waals surface area contributed by atoms with Gasteiger partial charge in [0.25, 0.3) is 0 Å². The maximum absolute atomic E-state index is 4.85. The molecule has 3 aromatic heterocycles. The summed E-state index contributed by atoms with van der Waals surface area (Å²) in [7, 11) is 0. The lowest BCUT2D eigenvalue weighted by Crippen LogP contribution is -2.33. The maximum atomic E-state index is 4.85. The van der Waals surface area contributed by atoms with Gasteiger partial charge in [-0.1, -0.05) is 0 Å². The number of hydrogen-bond donors (Lipinski definition) is 0. The van der Waals surface area contributed by atoms with Crippen LogP contribution >= 0.6 is 0 Å². The minimum atomic E-state index is 0.431. The highest BCUT2D eigenvalue weighted by Crippen LogP contribution is 2.28. The zero-order chi connectivity index (χ0) is 17.5. The van der Waals surface area contributed by atoms with Gasteiger partial charge < -0.3 is 0 Å². The van der Waals surface area contributed by atoms with E-state index in [1.807, 2.05) is 23.7 Å². The van der Waals surface area contributed by atoms with Crippen molar-refractivity contribution in [2.45, 2.75) is 51.5 Å². The molecular formula is C19H23N7. The summed E-state index contributed by atoms with van der Waals surface area (Å²) < 4.78 is 2.00. The topological polar surface area (TPSA) is 72.1 Å². The first-order chi connectivity index (χ1) is 12.8. The molecule has 0 N–H and O–H groups in total. The monoisotopic (exact) mass is 349 g/mol. The normalized spacial score (nSPS) is 18.5. The average Bonchev–Trinajstić information content (AvgIpc) is 3.26. The molecule has 0 amide bonds. The molecule has 4 heterocycles. The van der Waals surface area contributed by atoms with Crippen molar-refractivity contribution >= 4 is 5.65 Å². The van der Waals surface area contributed by atoms with Gasteiger partial charge in [0.2, 0.25) is 0 Å². The van der Waals surface area contributed by atoms with Crippen LogP contribution in [0.15, 0.2) is 18.3 Å². The molecule has 5 rings (SSSR count). The number of piperidine rings is 1. The van der Waals surface area contributed by atoms with Gasteiger partial charge >= 0.3 is 0 Å². The Morgan fingerprint density at radius 1 is 1.15 bits per heavy atom. The molecular weight excluding hydrogens is 326 g/mol. The Hall–Kier alpha value is -2.41. The number of hydrogen-bond acceptors (Lipinski definition) is 6. The lowest BCUT2D eigenvalue weighted by atomic mass is 9.96. The van der Waals surface area contributed by atoms with Gasteiger partial charge in [0.15, 0.2) is 11.5 Å². The van der Waals surface area contributed by atoms with E-state index in [1.165, 1.54) is 17.7 Å². The molecule has 0 bridgehead atoms. The van der Waals surface area contributed by atoms with Crippen LogP contribution in [0.1, 0.15) is 53.8 Å². The highest BCUT2D eigenvalue weighted by molar-refractivity contribution is 5.43. The molecule has 0 unspecified atom stereocenters. The summed E-state index contributed by atoms with van der Waals surface area (Å²) in [6, 6.07) is 4.19. The number of likely N-dealkylation sites (tertiary alicyclic amines) is 1. The molecule has 0 atom stereocenters. The van der Waals surface area contributed by atoms with Crippen molar-refractivity contribution in [2.24, 2.45) is 0 Å². The largest absolute Gasteiger partial charge is 0.297 e. The quantitative estimate of drug-likeness (QED) is 0.721. The fraction of sp³-hybridized carbons (Fsp3) is 0.526. The second kappa shape index (κ2) is 6.39. The van der Waals surface area contributed by atoms with Crippen LogP contribution in [0.4, 0.5) is 0 Å². The fourth-order valence-electron chi connectivity index (χ4n) is 4.22. The molecule has 0 aromatic carbocycles. The number of nitrogens with zero attached hydrogens (tertiary/aromatic N) is 7. The SMILES string of the molecule is Cc1nccc(CN2CCC(c3nnc4cc5c(nn34)CCC5)CC2)n1. The van der Waals surface area contributed by atoms with Crippen molar-refractivity contribution in [1.82, 2.24) is 34.7 Å². The van der Waals surface area contributed by atoms with Gasteiger partial charge in [-0.2, -0.15) is 9.61 Å². The standard InChI is InChI=1S/C19H23N7/c1-13-20-8-5-16(21-13)12-25-9-6-14(7-10-25)19-23-22-18-11-15-3-2-4-17(15)24-26(18)19/h5,8,11,14H,2-4,6-7,9-10,12H2,1H3. The third-order valence-corrected chi connectivity index (χ3v) is 5.62. The van der Waals surface area contributed by atoms with Gasteiger partial charge in [0, 0.05) is 18.7 Å². The van der Waals surface area contributed by atoms with Crippen molar-refractivity contribution in [3.63, 3.8) is 0 Å². The second-order valence-electron chi connectivity index (χ2n) is 7.44. The van der Waals surface area contributed by atoms with E-state index < -0.39 is 0 Å². The molecule has 7 nitrogen and oxygen atoms in total. The Labute approximate surface area is 152 Å². The van der Waals surface area contributed by atoms with Crippen LogP contribution < -0.4 is 0 Å². The van der Waals surface area contributed by atoms with E-state index in [4.69, 9.17) is 5.10 Å². The third kappa shape index (κ3) is 2.86. The predicted octanol–water partition coefficient (Wildman–Crippen LogP) is 2.09. The van der Waals surface area contributed by atoms with Gasteiger partial charge in [0.1, 0.15) is 5.82 Å². The van der Waals surface area contributed by atoms with E-state index in [0.717, 1.165) is 68.3 Å². The Bertz CT molecular complexity index is 940. The van der Waals surface area contributed by atoms with Crippen molar-refractivity contribution in [3.05, 3.63) is 46.9 Å². The summed E-state index contributed by atoms with van der Waals surface area (Å²) in [5, 5.41) is 13.7. The van der Waals surface area contributed by atoms with E-state index in [1.54, 1.807) is 0 Å². The van der Waals surface area contributed by atoms with Crippen molar-refractivity contribution in [2.75, 3.05) is 13.1 Å². The van der Waals surface area contributed by atoms with Crippen LogP contribution in [0.3, 0.4) is 0 Å². The summed E-state index contributed by atoms with van der Waals surface area (Å²) in [6.45, 7) is 4.93. The van der Waals surface area contributed by atoms with Crippen LogP contribution in [-0.4, -0.2) is 47.8 Å². The first kappa shape index (κ1) is 15.8. The molecule has 2 aliphatic rings. The predicted molar refractivity (Wildman–Crippen MR) is 96.8 cm³/mol. The average molecular weight is 349 g/mol. The summed E-state index contributed by atoms with van der Waals surface area (Å²) in [4.78, 5) is 11.2. The van der Waals surface area contributed by atoms with Gasteiger partial charge in [-0.05, 0) is 69.8 Å². The fourth-order valence-corrected chi connectivity index (χ4v) is 4.22. The smallest absolute Gasteiger partial charge is 0.178 e. The molecule has 0 radical (unpaired) electrons. The number of aryl methyl sites for hydroxylation is 3. The van der Waals surface area contributed by atoms with Crippen molar-refractivity contribution < 1.29 is 0 Å². The minimum absolute atomic E-state index is 0.431. The van der Waals surface area contributed by atoms with Crippen molar-refractivity contribution in [1.29, 1.82) is 0 Å². The summed E-state index contributed by atoms with van der Waals surface area (Å²) >= 11 is 0. The van der Waals surface area contributed by atoms with E-state index in [-0.39, 0.29) is 0 Å². The molecule has 1 aliphatic heterocycles. The first-order valence-corrected chi connectivity index (χ1v) is 9.51. The van der Waals surface area contributed by atoms with Crippen LogP contribution in [0.2, 0.25) is 0 Å². The Morgan fingerprint density at radius 2 is 2.04 bits per heavy atom. The number of fused-ring (bicyclic) bond motifs is 2. The van der Waals surface area contributed by atoms with E-state index >= 15 is 0 Å². The van der Waals surface area contributed by atoms with E-state index in [2.05, 4.69) is 31.1 Å². The van der Waals surface area contributed by atoms with Gasteiger partial charge in [-0.25, -0.2) is 9.97 Å². The Balaban J connectivity index is 1.30. The van der Waals surface area contributed by atoms with Crippen LogP contribution in [0.5, 0.6) is 0 Å². The number of aromatic nitrogens is 6. The minimum Gasteiger partial charge on any atom is -0.297 e. The highest BCUT2D eigenvalue weighted by Gasteiger charge is 2.26. The molecule has 26 heavy (non-hydrogen) atoms. The highest BCUT2D eigenvalue weighted by atomic mass is 15.4. The molecule has 3 aromatic rings. The second-order valence-corrected chi connectivity index (χ2v) is 7.44. The summed E-state index contributed by atoms with van der Waals surface area (Å²) in [5.41, 5.74) is 4.59. The van der Waals surface area contributed by atoms with Gasteiger partial charge in [-0.15, -0.1) is 10.2 Å². The zero-order valence-electron chi connectivity index (χ0n) is 15.1. The summed E-state index contributed by atoms with van der Waals surface area (Å²) in [5.74, 6) is 2.30. The molecule has 0 saturated carbocycles. The van der Waals surface area contributed by atoms with Crippen molar-refractivity contribution in [3.8, 4) is 0 Å². The molecule has 134 valence electrons. The molecule has 1 saturated heterocycles. The third-order valence-electron chi connectivity index (χ3n) is 5.62. The van der Waals surface area contributed by atoms with Gasteiger partial charge in [-0.3, -0.25) is 4.90 Å². The zero-order valence-corrected chi connectivity index (χ0v) is 15.1. The number of rotatable bonds is 3.